The Bertz CT molecular complexity index is 806. The molecule has 160 valence electrons. The molecule has 0 spiro atoms. The van der Waals surface area contributed by atoms with E-state index in [1.54, 1.807) is 0 Å². The molecule has 3 saturated heterocycles. The third-order valence-electron chi connectivity index (χ3n) is 7.07. The molecule has 3 aliphatic rings. The Kier molecular flexibility index (Phi) is 6.25. The van der Waals surface area contributed by atoms with Gasteiger partial charge < -0.3 is 9.80 Å². The topological polar surface area (TPSA) is 56.3 Å². The van der Waals surface area contributed by atoms with Gasteiger partial charge in [-0.05, 0) is 56.2 Å². The molecule has 3 unspecified atom stereocenters. The minimum atomic E-state index is 0.411. The van der Waals surface area contributed by atoms with E-state index in [4.69, 9.17) is 4.98 Å². The molecule has 3 atom stereocenters. The number of hydrogen-bond acceptors (Lipinski definition) is 6. The SMILES string of the molecule is c1ccc(CCN2CCCC(C3NNCC3c3ccnc(N4CCCC4)n3)C2)cc1. The van der Waals surface area contributed by atoms with E-state index in [-0.39, 0.29) is 0 Å². The highest BCUT2D eigenvalue weighted by molar-refractivity contribution is 5.33. The van der Waals surface area contributed by atoms with Gasteiger partial charge in [0.15, 0.2) is 0 Å². The molecular weight excluding hydrogens is 372 g/mol. The van der Waals surface area contributed by atoms with Gasteiger partial charge in [-0.3, -0.25) is 10.9 Å². The molecule has 0 saturated carbocycles. The van der Waals surface area contributed by atoms with Crippen molar-refractivity contribution in [2.75, 3.05) is 44.2 Å². The van der Waals surface area contributed by atoms with Crippen molar-refractivity contribution in [2.24, 2.45) is 5.92 Å². The van der Waals surface area contributed by atoms with Gasteiger partial charge in [0.2, 0.25) is 5.95 Å². The molecule has 1 aromatic heterocycles. The maximum absolute atomic E-state index is 5.00. The van der Waals surface area contributed by atoms with Crippen molar-refractivity contribution in [3.8, 4) is 0 Å². The summed E-state index contributed by atoms with van der Waals surface area (Å²) in [4.78, 5) is 14.6. The number of anilines is 1. The zero-order valence-electron chi connectivity index (χ0n) is 17.8. The van der Waals surface area contributed by atoms with Crippen LogP contribution < -0.4 is 15.8 Å². The predicted octanol–water partition coefficient (Wildman–Crippen LogP) is 2.59. The van der Waals surface area contributed by atoms with Crippen molar-refractivity contribution in [3.05, 3.63) is 53.9 Å². The lowest BCUT2D eigenvalue weighted by Crippen LogP contribution is -2.47. The van der Waals surface area contributed by atoms with Gasteiger partial charge in [-0.25, -0.2) is 9.97 Å². The number of aromatic nitrogens is 2. The molecule has 0 amide bonds. The average molecular weight is 407 g/mol. The third kappa shape index (κ3) is 4.51. The summed E-state index contributed by atoms with van der Waals surface area (Å²) in [6.07, 6.45) is 8.18. The Morgan fingerprint density at radius 1 is 1.00 bits per heavy atom. The van der Waals surface area contributed by atoms with Crippen LogP contribution in [0.15, 0.2) is 42.6 Å². The lowest BCUT2D eigenvalue weighted by molar-refractivity contribution is 0.146. The first-order valence-corrected chi connectivity index (χ1v) is 11.7. The number of hydrazine groups is 1. The first-order chi connectivity index (χ1) is 14.9. The maximum Gasteiger partial charge on any atom is 0.225 e. The number of benzene rings is 1. The standard InChI is InChI=1S/C24H34N6/c1-2-7-19(8-3-1)11-16-29-13-6-9-20(18-29)23-21(17-26-28-23)22-10-12-25-24(27-22)30-14-4-5-15-30/h1-3,7-8,10,12,20-21,23,26,28H,4-6,9,11,13-18H2. The van der Waals surface area contributed by atoms with Gasteiger partial charge in [-0.15, -0.1) is 0 Å². The van der Waals surface area contributed by atoms with Gasteiger partial charge in [0, 0.05) is 50.9 Å². The van der Waals surface area contributed by atoms with Crippen LogP contribution in [-0.2, 0) is 6.42 Å². The van der Waals surface area contributed by atoms with Crippen LogP contribution in [0.5, 0.6) is 0 Å². The molecule has 6 nitrogen and oxygen atoms in total. The van der Waals surface area contributed by atoms with E-state index in [0.29, 0.717) is 17.9 Å². The maximum atomic E-state index is 5.00. The van der Waals surface area contributed by atoms with Crippen molar-refractivity contribution in [1.82, 2.24) is 25.7 Å². The number of nitrogens with zero attached hydrogens (tertiary/aromatic N) is 4. The first kappa shape index (κ1) is 19.9. The van der Waals surface area contributed by atoms with Gasteiger partial charge in [0.25, 0.3) is 0 Å². The quantitative estimate of drug-likeness (QED) is 0.769. The lowest BCUT2D eigenvalue weighted by atomic mass is 9.82. The van der Waals surface area contributed by atoms with E-state index >= 15 is 0 Å². The van der Waals surface area contributed by atoms with Crippen LogP contribution in [0.2, 0.25) is 0 Å². The second-order valence-electron chi connectivity index (χ2n) is 9.07. The van der Waals surface area contributed by atoms with E-state index in [0.717, 1.165) is 38.5 Å². The van der Waals surface area contributed by atoms with Crippen LogP contribution >= 0.6 is 0 Å². The van der Waals surface area contributed by atoms with Crippen molar-refractivity contribution >= 4 is 5.95 Å². The minimum absolute atomic E-state index is 0.411. The zero-order valence-corrected chi connectivity index (χ0v) is 17.8. The smallest absolute Gasteiger partial charge is 0.225 e. The fourth-order valence-electron chi connectivity index (χ4n) is 5.41. The van der Waals surface area contributed by atoms with Crippen molar-refractivity contribution < 1.29 is 0 Å². The van der Waals surface area contributed by atoms with Crippen molar-refractivity contribution in [2.45, 2.75) is 44.1 Å². The van der Waals surface area contributed by atoms with Crippen LogP contribution in [-0.4, -0.2) is 60.2 Å². The van der Waals surface area contributed by atoms with Crippen LogP contribution in [0.25, 0.3) is 0 Å². The molecule has 0 bridgehead atoms. The van der Waals surface area contributed by atoms with Gasteiger partial charge in [0.1, 0.15) is 0 Å². The molecule has 6 heteroatoms. The summed E-state index contributed by atoms with van der Waals surface area (Å²) in [5.41, 5.74) is 9.67. The molecule has 1 aromatic carbocycles. The third-order valence-corrected chi connectivity index (χ3v) is 7.07. The summed E-state index contributed by atoms with van der Waals surface area (Å²) in [6, 6.07) is 13.4. The summed E-state index contributed by atoms with van der Waals surface area (Å²) in [7, 11) is 0. The van der Waals surface area contributed by atoms with Crippen LogP contribution in [0.4, 0.5) is 5.95 Å². The van der Waals surface area contributed by atoms with Gasteiger partial charge in [-0.1, -0.05) is 30.3 Å². The molecular formula is C24H34N6. The Balaban J connectivity index is 1.24. The monoisotopic (exact) mass is 406 g/mol. The zero-order chi connectivity index (χ0) is 20.2. The van der Waals surface area contributed by atoms with Crippen molar-refractivity contribution in [1.29, 1.82) is 0 Å². The molecule has 30 heavy (non-hydrogen) atoms. The number of likely N-dealkylation sites (tertiary alicyclic amines) is 1. The molecule has 2 N–H and O–H groups in total. The van der Waals surface area contributed by atoms with E-state index < -0.39 is 0 Å². The molecule has 4 heterocycles. The average Bonchev–Trinajstić information content (AvgIpc) is 3.51. The van der Waals surface area contributed by atoms with E-state index in [1.807, 2.05) is 6.20 Å². The number of piperidine rings is 1. The highest BCUT2D eigenvalue weighted by Gasteiger charge is 2.37. The highest BCUT2D eigenvalue weighted by atomic mass is 15.4. The van der Waals surface area contributed by atoms with Gasteiger partial charge >= 0.3 is 0 Å². The largest absolute Gasteiger partial charge is 0.341 e. The predicted molar refractivity (Wildman–Crippen MR) is 120 cm³/mol. The van der Waals surface area contributed by atoms with Gasteiger partial charge in [-0.2, -0.15) is 0 Å². The van der Waals surface area contributed by atoms with Crippen LogP contribution in [0.1, 0.15) is 42.9 Å². The van der Waals surface area contributed by atoms with Crippen LogP contribution in [0.3, 0.4) is 0 Å². The molecule has 2 aromatic rings. The molecule has 3 fully saturated rings. The van der Waals surface area contributed by atoms with Crippen LogP contribution in [0, 0.1) is 5.92 Å². The Morgan fingerprint density at radius 3 is 2.73 bits per heavy atom. The molecule has 0 aliphatic carbocycles. The Labute approximate surface area is 180 Å². The lowest BCUT2D eigenvalue weighted by Gasteiger charge is -2.37. The van der Waals surface area contributed by atoms with Gasteiger partial charge in [0.05, 0.1) is 5.69 Å². The second kappa shape index (κ2) is 9.41. The fourth-order valence-corrected chi connectivity index (χ4v) is 5.41. The minimum Gasteiger partial charge on any atom is -0.341 e. The summed E-state index contributed by atoms with van der Waals surface area (Å²) in [5.74, 6) is 1.98. The number of nitrogens with one attached hydrogen (secondary N) is 2. The summed E-state index contributed by atoms with van der Waals surface area (Å²) in [5, 5.41) is 0. The number of rotatable bonds is 6. The van der Waals surface area contributed by atoms with E-state index in [9.17, 15) is 0 Å². The highest BCUT2D eigenvalue weighted by Crippen LogP contribution is 2.31. The second-order valence-corrected chi connectivity index (χ2v) is 9.07. The molecule has 3 aliphatic heterocycles. The summed E-state index contributed by atoms with van der Waals surface area (Å²) in [6.45, 7) is 6.67. The van der Waals surface area contributed by atoms with E-state index in [2.05, 4.69) is 62.0 Å². The summed E-state index contributed by atoms with van der Waals surface area (Å²) >= 11 is 0. The molecule has 0 radical (unpaired) electrons. The van der Waals surface area contributed by atoms with E-state index in [1.165, 1.54) is 50.0 Å². The fraction of sp³-hybridized carbons (Fsp3) is 0.583. The molecule has 5 rings (SSSR count). The Morgan fingerprint density at radius 2 is 1.87 bits per heavy atom. The normalized spacial score (nSPS) is 27.6. The first-order valence-electron chi connectivity index (χ1n) is 11.7. The van der Waals surface area contributed by atoms with Crippen molar-refractivity contribution in [3.63, 3.8) is 0 Å². The summed E-state index contributed by atoms with van der Waals surface area (Å²) < 4.78 is 0. The number of hydrogen-bond donors (Lipinski definition) is 2. The Hall–Kier alpha value is -2.02.